The number of nitrogens with zero attached hydrogens (tertiary/aromatic N) is 1. The predicted molar refractivity (Wildman–Crippen MR) is 95.6 cm³/mol. The number of carbonyl (C=O) groups is 1. The summed E-state index contributed by atoms with van der Waals surface area (Å²) in [6, 6.07) is 12.5. The molecule has 0 aliphatic heterocycles. The van der Waals surface area contributed by atoms with E-state index in [0.717, 1.165) is 11.3 Å². The van der Waals surface area contributed by atoms with Gasteiger partial charge in [-0.1, -0.05) is 17.7 Å². The lowest BCUT2D eigenvalue weighted by atomic mass is 10.2. The number of anilines is 2. The van der Waals surface area contributed by atoms with Gasteiger partial charge in [-0.3, -0.25) is 4.79 Å². The third-order valence-corrected chi connectivity index (χ3v) is 3.83. The monoisotopic (exact) mass is 343 g/mol. The Bertz CT molecular complexity index is 784. The van der Waals surface area contributed by atoms with Crippen LogP contribution in [0, 0.1) is 18.3 Å². The molecule has 2 aromatic carbocycles. The fourth-order valence-corrected chi connectivity index (χ4v) is 2.32. The van der Waals surface area contributed by atoms with E-state index in [1.165, 1.54) is 0 Å². The van der Waals surface area contributed by atoms with Crippen molar-refractivity contribution in [2.75, 3.05) is 24.3 Å². The van der Waals surface area contributed by atoms with Crippen molar-refractivity contribution in [3.8, 4) is 11.8 Å². The number of amides is 1. The van der Waals surface area contributed by atoms with Crippen LogP contribution in [0.5, 0.6) is 5.75 Å². The van der Waals surface area contributed by atoms with Gasteiger partial charge in [0.15, 0.2) is 0 Å². The van der Waals surface area contributed by atoms with Gasteiger partial charge < -0.3 is 15.4 Å². The number of hydrogen-bond acceptors (Lipinski definition) is 4. The zero-order valence-electron chi connectivity index (χ0n) is 13.5. The van der Waals surface area contributed by atoms with Crippen LogP contribution in [0.3, 0.4) is 0 Å². The molecule has 0 aliphatic carbocycles. The van der Waals surface area contributed by atoms with Gasteiger partial charge in [0.05, 0.1) is 24.4 Å². The molecule has 6 heteroatoms. The van der Waals surface area contributed by atoms with Crippen LogP contribution in [0.1, 0.15) is 17.5 Å². The first-order chi connectivity index (χ1) is 11.5. The topological polar surface area (TPSA) is 74.2 Å². The Balaban J connectivity index is 1.91. The second-order valence-corrected chi connectivity index (χ2v) is 5.63. The molecule has 24 heavy (non-hydrogen) atoms. The van der Waals surface area contributed by atoms with Crippen molar-refractivity contribution in [1.29, 1.82) is 5.26 Å². The fraction of sp³-hybridized carbons (Fsp3) is 0.222. The van der Waals surface area contributed by atoms with Crippen molar-refractivity contribution in [3.63, 3.8) is 0 Å². The Labute approximate surface area is 146 Å². The highest BCUT2D eigenvalue weighted by molar-refractivity contribution is 6.31. The second-order valence-electron chi connectivity index (χ2n) is 5.22. The van der Waals surface area contributed by atoms with E-state index in [4.69, 9.17) is 21.6 Å². The van der Waals surface area contributed by atoms with Crippen LogP contribution in [0.2, 0.25) is 5.02 Å². The molecule has 5 nitrogen and oxygen atoms in total. The summed E-state index contributed by atoms with van der Waals surface area (Å²) in [5, 5.41) is 15.4. The molecule has 0 aromatic heterocycles. The Morgan fingerprint density at radius 3 is 2.83 bits per heavy atom. The minimum absolute atomic E-state index is 0.137. The molecule has 2 rings (SSSR count). The van der Waals surface area contributed by atoms with Crippen LogP contribution in [0.25, 0.3) is 0 Å². The van der Waals surface area contributed by atoms with Gasteiger partial charge in [-0.25, -0.2) is 0 Å². The lowest BCUT2D eigenvalue weighted by Gasteiger charge is -2.13. The first-order valence-electron chi connectivity index (χ1n) is 7.41. The molecule has 0 spiro atoms. The summed E-state index contributed by atoms with van der Waals surface area (Å²) in [4.78, 5) is 12.0. The molecule has 1 amide bonds. The van der Waals surface area contributed by atoms with E-state index in [1.807, 2.05) is 19.1 Å². The Morgan fingerprint density at radius 1 is 1.33 bits per heavy atom. The fourth-order valence-electron chi connectivity index (χ4n) is 2.17. The van der Waals surface area contributed by atoms with Crippen molar-refractivity contribution >= 4 is 28.9 Å². The van der Waals surface area contributed by atoms with E-state index >= 15 is 0 Å². The molecule has 0 atom stereocenters. The number of methoxy groups -OCH3 is 1. The molecular weight excluding hydrogens is 326 g/mol. The molecular formula is C18H18ClN3O2. The number of nitriles is 1. The lowest BCUT2D eigenvalue weighted by Crippen LogP contribution is -2.16. The summed E-state index contributed by atoms with van der Waals surface area (Å²) in [6.45, 7) is 2.35. The SMILES string of the molecule is COc1cc(Cl)c(C)cc1NCCC(=O)Nc1cccc(C#N)c1. The van der Waals surface area contributed by atoms with Gasteiger partial charge in [-0.15, -0.1) is 0 Å². The van der Waals surface area contributed by atoms with E-state index in [9.17, 15) is 4.79 Å². The number of aryl methyl sites for hydroxylation is 1. The average Bonchev–Trinajstić information content (AvgIpc) is 2.57. The largest absolute Gasteiger partial charge is 0.495 e. The number of halogens is 1. The van der Waals surface area contributed by atoms with Crippen LogP contribution in [-0.4, -0.2) is 19.6 Å². The van der Waals surface area contributed by atoms with E-state index in [2.05, 4.69) is 10.6 Å². The first-order valence-corrected chi connectivity index (χ1v) is 7.79. The number of benzene rings is 2. The minimum atomic E-state index is -0.137. The van der Waals surface area contributed by atoms with Gasteiger partial charge >= 0.3 is 0 Å². The Morgan fingerprint density at radius 2 is 2.12 bits per heavy atom. The Hall–Kier alpha value is -2.71. The summed E-state index contributed by atoms with van der Waals surface area (Å²) in [5.74, 6) is 0.495. The van der Waals surface area contributed by atoms with E-state index in [0.29, 0.717) is 28.6 Å². The number of nitrogens with one attached hydrogen (secondary N) is 2. The zero-order chi connectivity index (χ0) is 17.5. The highest BCUT2D eigenvalue weighted by Gasteiger charge is 2.08. The van der Waals surface area contributed by atoms with Crippen LogP contribution in [0.15, 0.2) is 36.4 Å². The van der Waals surface area contributed by atoms with Crippen LogP contribution < -0.4 is 15.4 Å². The smallest absolute Gasteiger partial charge is 0.226 e. The third-order valence-electron chi connectivity index (χ3n) is 3.42. The molecule has 0 radical (unpaired) electrons. The molecule has 0 fully saturated rings. The third kappa shape index (κ3) is 4.64. The molecule has 2 aromatic rings. The summed E-state index contributed by atoms with van der Waals surface area (Å²) >= 11 is 6.07. The molecule has 0 heterocycles. The quantitative estimate of drug-likeness (QED) is 0.832. The minimum Gasteiger partial charge on any atom is -0.495 e. The molecule has 0 bridgehead atoms. The van der Waals surface area contributed by atoms with E-state index in [1.54, 1.807) is 37.4 Å². The van der Waals surface area contributed by atoms with Crippen LogP contribution in [0.4, 0.5) is 11.4 Å². The highest BCUT2D eigenvalue weighted by atomic mass is 35.5. The first kappa shape index (κ1) is 17.6. The molecule has 0 unspecified atom stereocenters. The molecule has 0 aliphatic rings. The van der Waals surface area contributed by atoms with Crippen molar-refractivity contribution in [2.45, 2.75) is 13.3 Å². The lowest BCUT2D eigenvalue weighted by molar-refractivity contribution is -0.115. The van der Waals surface area contributed by atoms with Gasteiger partial charge in [0, 0.05) is 29.7 Å². The van der Waals surface area contributed by atoms with Gasteiger partial charge in [0.25, 0.3) is 0 Å². The zero-order valence-corrected chi connectivity index (χ0v) is 14.3. The second kappa shape index (κ2) is 8.23. The maximum absolute atomic E-state index is 12.0. The summed E-state index contributed by atoms with van der Waals surface area (Å²) < 4.78 is 5.28. The van der Waals surface area contributed by atoms with E-state index in [-0.39, 0.29) is 12.3 Å². The van der Waals surface area contributed by atoms with Gasteiger partial charge in [-0.2, -0.15) is 5.26 Å². The number of hydrogen-bond donors (Lipinski definition) is 2. The molecule has 0 saturated carbocycles. The molecule has 2 N–H and O–H groups in total. The van der Waals surface area contributed by atoms with E-state index < -0.39 is 0 Å². The summed E-state index contributed by atoms with van der Waals surface area (Å²) in [5.41, 5.74) is 2.84. The molecule has 0 saturated heterocycles. The van der Waals surface area contributed by atoms with Crippen molar-refractivity contribution in [1.82, 2.24) is 0 Å². The average molecular weight is 344 g/mol. The Kier molecular flexibility index (Phi) is 6.05. The van der Waals surface area contributed by atoms with Crippen LogP contribution in [-0.2, 0) is 4.79 Å². The van der Waals surface area contributed by atoms with Gasteiger partial charge in [0.1, 0.15) is 5.75 Å². The number of rotatable bonds is 6. The maximum Gasteiger partial charge on any atom is 0.226 e. The number of ether oxygens (including phenoxy) is 1. The summed E-state index contributed by atoms with van der Waals surface area (Å²) in [7, 11) is 1.57. The van der Waals surface area contributed by atoms with Crippen LogP contribution >= 0.6 is 11.6 Å². The predicted octanol–water partition coefficient (Wildman–Crippen LogP) is 3.97. The van der Waals surface area contributed by atoms with Crippen molar-refractivity contribution < 1.29 is 9.53 Å². The highest BCUT2D eigenvalue weighted by Crippen LogP contribution is 2.30. The van der Waals surface area contributed by atoms with Crippen molar-refractivity contribution in [2.24, 2.45) is 0 Å². The standard InChI is InChI=1S/C18H18ClN3O2/c1-12-8-16(17(24-2)10-15(12)19)21-7-6-18(23)22-14-5-3-4-13(9-14)11-20/h3-5,8-10,21H,6-7H2,1-2H3,(H,22,23). The van der Waals surface area contributed by atoms with Gasteiger partial charge in [0.2, 0.25) is 5.91 Å². The summed E-state index contributed by atoms with van der Waals surface area (Å²) in [6.07, 6.45) is 0.279. The maximum atomic E-state index is 12.0. The van der Waals surface area contributed by atoms with Gasteiger partial charge in [-0.05, 0) is 36.8 Å². The normalized spacial score (nSPS) is 9.92. The number of carbonyl (C=O) groups excluding carboxylic acids is 1. The van der Waals surface area contributed by atoms with Crippen molar-refractivity contribution in [3.05, 3.63) is 52.5 Å². The molecule has 124 valence electrons.